The quantitative estimate of drug-likeness (QED) is 0.0849. The molecule has 3 unspecified atom stereocenters. The minimum absolute atomic E-state index is 0. The van der Waals surface area contributed by atoms with Crippen molar-refractivity contribution in [1.82, 2.24) is 9.97 Å². The summed E-state index contributed by atoms with van der Waals surface area (Å²) in [5.41, 5.74) is 5.15. The molecule has 0 aliphatic rings. The molecular formula is C47H52F2Ir2N2O4-2. The van der Waals surface area contributed by atoms with E-state index in [1.807, 2.05) is 72.8 Å². The van der Waals surface area contributed by atoms with E-state index in [1.165, 1.54) is 36.1 Å². The molecule has 0 spiro atoms. The van der Waals surface area contributed by atoms with Crippen LogP contribution in [0.3, 0.4) is 0 Å². The zero-order chi connectivity index (χ0) is 40.3. The Kier molecular flexibility index (Phi) is 23.8. The van der Waals surface area contributed by atoms with Crippen LogP contribution in [0.2, 0.25) is 0 Å². The minimum atomic E-state index is -0.722. The van der Waals surface area contributed by atoms with Crippen molar-refractivity contribution >= 4 is 21.7 Å². The van der Waals surface area contributed by atoms with E-state index in [0.717, 1.165) is 59.3 Å². The Hall–Kier alpha value is -4.14. The number of fused-ring (bicyclic) bond motifs is 2. The Bertz CT molecular complexity index is 2110. The molecule has 0 saturated carbocycles. The number of rotatable bonds is 9. The Labute approximate surface area is 363 Å². The molecule has 2 aromatic heterocycles. The first-order valence-electron chi connectivity index (χ1n) is 18.5. The predicted molar refractivity (Wildman–Crippen MR) is 220 cm³/mol. The zero-order valence-electron chi connectivity index (χ0n) is 33.1. The van der Waals surface area contributed by atoms with Gasteiger partial charge in [0.1, 0.15) is 0 Å². The number of nitrogens with zero attached hydrogens (tertiary/aromatic N) is 2. The van der Waals surface area contributed by atoms with Crippen molar-refractivity contribution in [2.24, 2.45) is 5.92 Å². The number of allylic oxidation sites excluding steroid dienone is 2. The second-order valence-corrected chi connectivity index (χ2v) is 13.2. The fourth-order valence-corrected chi connectivity index (χ4v) is 5.74. The van der Waals surface area contributed by atoms with E-state index in [1.54, 1.807) is 20.0 Å². The summed E-state index contributed by atoms with van der Waals surface area (Å²) in [6, 6.07) is 35.5. The maximum Gasteiger partial charge on any atom is 0.0939 e. The molecule has 0 aliphatic carbocycles. The molecule has 57 heavy (non-hydrogen) atoms. The van der Waals surface area contributed by atoms with Crippen LogP contribution < -0.4 is 0 Å². The van der Waals surface area contributed by atoms with E-state index >= 15 is 0 Å². The van der Waals surface area contributed by atoms with Crippen LogP contribution in [0.5, 0.6) is 0 Å². The van der Waals surface area contributed by atoms with Gasteiger partial charge in [0.2, 0.25) is 0 Å². The number of benzene rings is 4. The SMILES string of the molecule is CC(O)=CC(C)O.CCCCC(CC)C(O)=CC(C)O.Cc1cc2ccccc2nc1-c1[c-]cccc1.Fc1[c-]c(-c2nccc3ccccc23)cc(F)c1.[Ir].[Ir]. The number of aliphatic hydroxyl groups is 4. The van der Waals surface area contributed by atoms with Crippen LogP contribution in [0.15, 0.2) is 127 Å². The van der Waals surface area contributed by atoms with E-state index in [0.29, 0.717) is 17.0 Å². The molecule has 308 valence electrons. The molecule has 0 amide bonds. The number of aliphatic hydroxyl groups excluding tert-OH is 4. The van der Waals surface area contributed by atoms with Crippen LogP contribution in [-0.2, 0) is 40.2 Å². The minimum Gasteiger partial charge on any atom is -0.513 e. The third-order valence-corrected chi connectivity index (χ3v) is 8.32. The van der Waals surface area contributed by atoms with Crippen molar-refractivity contribution in [1.29, 1.82) is 0 Å². The van der Waals surface area contributed by atoms with Gasteiger partial charge in [0.15, 0.2) is 0 Å². The molecule has 2 radical (unpaired) electrons. The first-order chi connectivity index (χ1) is 26.3. The molecule has 6 nitrogen and oxygen atoms in total. The summed E-state index contributed by atoms with van der Waals surface area (Å²) in [5, 5.41) is 38.6. The summed E-state index contributed by atoms with van der Waals surface area (Å²) in [6.45, 7) is 11.1. The first kappa shape index (κ1) is 50.9. The second kappa shape index (κ2) is 26.7. The van der Waals surface area contributed by atoms with Gasteiger partial charge in [-0.2, -0.15) is 0 Å². The Morgan fingerprint density at radius 1 is 0.789 bits per heavy atom. The molecule has 4 aromatic carbocycles. The number of hydrogen-bond donors (Lipinski definition) is 4. The summed E-state index contributed by atoms with van der Waals surface area (Å²) >= 11 is 0. The number of pyridine rings is 2. The van der Waals surface area contributed by atoms with Crippen molar-refractivity contribution in [3.8, 4) is 22.5 Å². The summed E-state index contributed by atoms with van der Waals surface area (Å²) in [4.78, 5) is 8.91. The van der Waals surface area contributed by atoms with E-state index in [2.05, 4.69) is 50.0 Å². The van der Waals surface area contributed by atoms with Gasteiger partial charge < -0.3 is 25.4 Å². The fourth-order valence-electron chi connectivity index (χ4n) is 5.74. The molecule has 6 aromatic rings. The van der Waals surface area contributed by atoms with Crippen molar-refractivity contribution in [3.05, 3.63) is 156 Å². The number of unbranched alkanes of at least 4 members (excludes halogenated alkanes) is 1. The maximum absolute atomic E-state index is 13.2. The van der Waals surface area contributed by atoms with Gasteiger partial charge in [-0.05, 0) is 92.4 Å². The van der Waals surface area contributed by atoms with Crippen LogP contribution >= 0.6 is 0 Å². The molecular weight excluding hydrogens is 1080 g/mol. The van der Waals surface area contributed by atoms with Crippen molar-refractivity contribution in [3.63, 3.8) is 0 Å². The molecule has 4 N–H and O–H groups in total. The fraction of sp³-hybridized carbons (Fsp3) is 0.277. The van der Waals surface area contributed by atoms with Crippen LogP contribution in [0.1, 0.15) is 65.9 Å². The Morgan fingerprint density at radius 3 is 2.02 bits per heavy atom. The topological polar surface area (TPSA) is 107 Å². The van der Waals surface area contributed by atoms with Gasteiger partial charge in [-0.3, -0.25) is 4.98 Å². The van der Waals surface area contributed by atoms with Gasteiger partial charge in [0.25, 0.3) is 0 Å². The molecule has 0 saturated heterocycles. The Balaban J connectivity index is 0.000000393. The standard InChI is InChI=1S/C16H12N.C15H8F2N.C11H22O2.C5H10O2.2Ir/c1-12-11-14-9-5-6-10-15(14)17-16(12)13-7-3-2-4-8-13;16-12-7-11(8-13(17)9-12)15-14-4-2-1-3-10(14)5-6-18-15;1-4-6-7-10(5-2)11(13)8-9(3)12;1-4(6)3-5(2)7;;/h2-7,9-11H,1H3;1-7,9H;8-10,12-13H,4-7H2,1-3H3;3-4,6-7H,1-2H3;;/q2*-1;;;;. The van der Waals surface area contributed by atoms with E-state index in [-0.39, 0.29) is 51.9 Å². The number of aryl methyl sites for hydroxylation is 1. The summed E-state index contributed by atoms with van der Waals surface area (Å²) in [6.07, 6.45) is 7.67. The van der Waals surface area contributed by atoms with Crippen LogP contribution in [0.25, 0.3) is 44.2 Å². The van der Waals surface area contributed by atoms with Crippen LogP contribution in [0.4, 0.5) is 8.78 Å². The molecule has 0 fully saturated rings. The summed E-state index contributed by atoms with van der Waals surface area (Å²) in [7, 11) is 0. The van der Waals surface area contributed by atoms with Gasteiger partial charge in [-0.25, -0.2) is 8.78 Å². The number of halogens is 2. The molecule has 6 rings (SSSR count). The third kappa shape index (κ3) is 17.5. The summed E-state index contributed by atoms with van der Waals surface area (Å²) in [5.74, 6) is -0.605. The molecule has 3 atom stereocenters. The van der Waals surface area contributed by atoms with Crippen LogP contribution in [0, 0.1) is 36.6 Å². The molecule has 0 aliphatic heterocycles. The molecule has 0 bridgehead atoms. The summed E-state index contributed by atoms with van der Waals surface area (Å²) < 4.78 is 26.4. The first-order valence-corrected chi connectivity index (χ1v) is 18.5. The van der Waals surface area contributed by atoms with Gasteiger partial charge in [0, 0.05) is 64.0 Å². The van der Waals surface area contributed by atoms with E-state index in [4.69, 9.17) is 20.3 Å². The predicted octanol–water partition coefficient (Wildman–Crippen LogP) is 11.8. The van der Waals surface area contributed by atoms with Gasteiger partial charge >= 0.3 is 0 Å². The van der Waals surface area contributed by atoms with Gasteiger partial charge in [0.05, 0.1) is 29.2 Å². The van der Waals surface area contributed by atoms with Crippen molar-refractivity contribution < 1.29 is 69.4 Å². The smallest absolute Gasteiger partial charge is 0.0939 e. The second-order valence-electron chi connectivity index (χ2n) is 13.2. The third-order valence-electron chi connectivity index (χ3n) is 8.32. The van der Waals surface area contributed by atoms with E-state index in [9.17, 15) is 13.9 Å². The average molecular weight is 1130 g/mol. The average Bonchev–Trinajstić information content (AvgIpc) is 3.14. The van der Waals surface area contributed by atoms with Crippen LogP contribution in [-0.4, -0.2) is 42.6 Å². The molecule has 10 heteroatoms. The normalized spacial score (nSPS) is 12.5. The zero-order valence-corrected chi connectivity index (χ0v) is 37.9. The number of para-hydroxylation sites is 1. The van der Waals surface area contributed by atoms with Crippen molar-refractivity contribution in [2.45, 2.75) is 79.4 Å². The number of aromatic nitrogens is 2. The monoisotopic (exact) mass is 1130 g/mol. The molecule has 2 heterocycles. The maximum atomic E-state index is 13.2. The van der Waals surface area contributed by atoms with E-state index < -0.39 is 23.8 Å². The Morgan fingerprint density at radius 2 is 1.44 bits per heavy atom. The van der Waals surface area contributed by atoms with Gasteiger partial charge in [-0.1, -0.05) is 86.8 Å². The number of hydrogen-bond acceptors (Lipinski definition) is 6. The van der Waals surface area contributed by atoms with Gasteiger partial charge in [-0.15, -0.1) is 53.6 Å². The largest absolute Gasteiger partial charge is 0.513 e. The van der Waals surface area contributed by atoms with Crippen molar-refractivity contribution in [2.75, 3.05) is 0 Å².